The van der Waals surface area contributed by atoms with E-state index in [1.807, 2.05) is 13.8 Å². The molecular formula is C16H22N6O4S. The number of tetrazole rings is 1. The summed E-state index contributed by atoms with van der Waals surface area (Å²) in [6.07, 6.45) is 0. The van der Waals surface area contributed by atoms with E-state index in [-0.39, 0.29) is 5.75 Å². The number of amides is 3. The standard InChI is InChI=1S/C16H22N6O4S/c1-10(2)8-17-15(24)18-14(23)9-27-16-19-20-21-22(16)12-7-11(25-3)5-6-13(12)26-4/h5-7,10H,8-9H2,1-4H3,(H2,17,18,23,24). The van der Waals surface area contributed by atoms with Crippen LogP contribution in [-0.4, -0.2) is 58.7 Å². The molecule has 1 heterocycles. The van der Waals surface area contributed by atoms with Crippen molar-refractivity contribution in [2.45, 2.75) is 19.0 Å². The fourth-order valence-corrected chi connectivity index (χ4v) is 2.70. The third-order valence-corrected chi connectivity index (χ3v) is 4.23. The molecule has 0 radical (unpaired) electrons. The van der Waals surface area contributed by atoms with E-state index >= 15 is 0 Å². The normalized spacial score (nSPS) is 10.6. The monoisotopic (exact) mass is 394 g/mol. The Balaban J connectivity index is 2.03. The quantitative estimate of drug-likeness (QED) is 0.642. The molecule has 2 rings (SSSR count). The zero-order valence-electron chi connectivity index (χ0n) is 15.6. The molecule has 1 aromatic carbocycles. The molecule has 2 N–H and O–H groups in total. The van der Waals surface area contributed by atoms with Gasteiger partial charge in [0, 0.05) is 12.6 Å². The number of hydrogen-bond donors (Lipinski definition) is 2. The predicted molar refractivity (Wildman–Crippen MR) is 99.4 cm³/mol. The van der Waals surface area contributed by atoms with Gasteiger partial charge in [-0.2, -0.15) is 4.68 Å². The lowest BCUT2D eigenvalue weighted by Crippen LogP contribution is -2.41. The average molecular weight is 394 g/mol. The number of imide groups is 1. The van der Waals surface area contributed by atoms with Gasteiger partial charge in [-0.3, -0.25) is 10.1 Å². The molecule has 0 aliphatic carbocycles. The van der Waals surface area contributed by atoms with Crippen LogP contribution < -0.4 is 20.1 Å². The summed E-state index contributed by atoms with van der Waals surface area (Å²) < 4.78 is 12.0. The number of methoxy groups -OCH3 is 2. The van der Waals surface area contributed by atoms with E-state index in [2.05, 4.69) is 26.2 Å². The molecule has 0 saturated heterocycles. The topological polar surface area (TPSA) is 120 Å². The lowest BCUT2D eigenvalue weighted by atomic mass is 10.2. The van der Waals surface area contributed by atoms with Crippen molar-refractivity contribution in [3.63, 3.8) is 0 Å². The Kier molecular flexibility index (Phi) is 7.41. The van der Waals surface area contributed by atoms with Gasteiger partial charge in [-0.15, -0.1) is 5.10 Å². The summed E-state index contributed by atoms with van der Waals surface area (Å²) in [5.41, 5.74) is 0.569. The number of urea groups is 1. The number of carbonyl (C=O) groups excluding carboxylic acids is 2. The van der Waals surface area contributed by atoms with Crippen molar-refractivity contribution in [2.24, 2.45) is 5.92 Å². The van der Waals surface area contributed by atoms with Crippen LogP contribution in [0, 0.1) is 5.92 Å². The minimum atomic E-state index is -0.525. The molecule has 0 unspecified atom stereocenters. The first-order chi connectivity index (χ1) is 12.9. The van der Waals surface area contributed by atoms with Gasteiger partial charge in [0.25, 0.3) is 0 Å². The van der Waals surface area contributed by atoms with Gasteiger partial charge >= 0.3 is 6.03 Å². The number of ether oxygens (including phenoxy) is 2. The molecule has 0 aliphatic heterocycles. The van der Waals surface area contributed by atoms with Gasteiger partial charge in [-0.05, 0) is 28.5 Å². The molecule has 0 fully saturated rings. The van der Waals surface area contributed by atoms with Crippen molar-refractivity contribution in [1.82, 2.24) is 30.8 Å². The Morgan fingerprint density at radius 1 is 1.26 bits per heavy atom. The van der Waals surface area contributed by atoms with Crippen molar-refractivity contribution >= 4 is 23.7 Å². The van der Waals surface area contributed by atoms with Crippen LogP contribution >= 0.6 is 11.8 Å². The zero-order valence-corrected chi connectivity index (χ0v) is 16.4. The van der Waals surface area contributed by atoms with Crippen molar-refractivity contribution in [2.75, 3.05) is 26.5 Å². The smallest absolute Gasteiger partial charge is 0.321 e. The molecule has 1 aromatic heterocycles. The Morgan fingerprint density at radius 2 is 2.04 bits per heavy atom. The fourth-order valence-electron chi connectivity index (χ4n) is 2.02. The molecule has 0 aliphatic rings. The Labute approximate surface area is 161 Å². The highest BCUT2D eigenvalue weighted by atomic mass is 32.2. The molecule has 146 valence electrons. The molecule has 0 saturated carbocycles. The van der Waals surface area contributed by atoms with Crippen molar-refractivity contribution in [1.29, 1.82) is 0 Å². The first-order valence-electron chi connectivity index (χ1n) is 8.15. The Bertz CT molecular complexity index is 795. The Hall–Kier alpha value is -2.82. The van der Waals surface area contributed by atoms with Crippen LogP contribution in [0.1, 0.15) is 13.8 Å². The average Bonchev–Trinajstić information content (AvgIpc) is 3.12. The van der Waals surface area contributed by atoms with Crippen LogP contribution in [-0.2, 0) is 4.79 Å². The maximum atomic E-state index is 11.9. The minimum Gasteiger partial charge on any atom is -0.497 e. The van der Waals surface area contributed by atoms with Crippen LogP contribution in [0.15, 0.2) is 23.4 Å². The predicted octanol–water partition coefficient (Wildman–Crippen LogP) is 1.25. The summed E-state index contributed by atoms with van der Waals surface area (Å²) in [4.78, 5) is 23.6. The van der Waals surface area contributed by atoms with Gasteiger partial charge < -0.3 is 14.8 Å². The van der Waals surface area contributed by atoms with Crippen LogP contribution in [0.4, 0.5) is 4.79 Å². The van der Waals surface area contributed by atoms with Gasteiger partial charge in [-0.25, -0.2) is 4.79 Å². The first-order valence-corrected chi connectivity index (χ1v) is 9.14. The van der Waals surface area contributed by atoms with Crippen molar-refractivity contribution in [3.05, 3.63) is 18.2 Å². The van der Waals surface area contributed by atoms with Gasteiger partial charge in [-0.1, -0.05) is 25.6 Å². The summed E-state index contributed by atoms with van der Waals surface area (Å²) in [6, 6.07) is 4.68. The van der Waals surface area contributed by atoms with Gasteiger partial charge in [0.1, 0.15) is 17.2 Å². The first kappa shape index (κ1) is 20.5. The molecule has 0 atom stereocenters. The number of benzene rings is 1. The Morgan fingerprint density at radius 3 is 2.70 bits per heavy atom. The zero-order chi connectivity index (χ0) is 19.8. The largest absolute Gasteiger partial charge is 0.497 e. The van der Waals surface area contributed by atoms with E-state index in [9.17, 15) is 9.59 Å². The van der Waals surface area contributed by atoms with Gasteiger partial charge in [0.2, 0.25) is 11.1 Å². The molecule has 0 bridgehead atoms. The third-order valence-electron chi connectivity index (χ3n) is 3.31. The van der Waals surface area contributed by atoms with Crippen LogP contribution in [0.5, 0.6) is 11.5 Å². The number of nitrogens with zero attached hydrogens (tertiary/aromatic N) is 4. The van der Waals surface area contributed by atoms with E-state index in [0.29, 0.717) is 34.8 Å². The molecule has 11 heteroatoms. The summed E-state index contributed by atoms with van der Waals surface area (Å²) >= 11 is 1.09. The maximum Gasteiger partial charge on any atom is 0.321 e. The molecule has 27 heavy (non-hydrogen) atoms. The second-order valence-corrected chi connectivity index (χ2v) is 6.79. The summed E-state index contributed by atoms with van der Waals surface area (Å²) in [7, 11) is 3.08. The van der Waals surface area contributed by atoms with Crippen molar-refractivity contribution < 1.29 is 19.1 Å². The van der Waals surface area contributed by atoms with E-state index in [4.69, 9.17) is 9.47 Å². The second kappa shape index (κ2) is 9.76. The lowest BCUT2D eigenvalue weighted by molar-refractivity contribution is -0.117. The molecule has 2 aromatic rings. The van der Waals surface area contributed by atoms with Crippen LogP contribution in [0.3, 0.4) is 0 Å². The highest BCUT2D eigenvalue weighted by molar-refractivity contribution is 7.99. The molecule has 0 spiro atoms. The third kappa shape index (κ3) is 5.84. The number of carbonyl (C=O) groups is 2. The van der Waals surface area contributed by atoms with Crippen LogP contribution in [0.2, 0.25) is 0 Å². The van der Waals surface area contributed by atoms with E-state index in [1.54, 1.807) is 25.3 Å². The highest BCUT2D eigenvalue weighted by Crippen LogP contribution is 2.29. The molecule has 3 amide bonds. The van der Waals surface area contributed by atoms with Crippen LogP contribution in [0.25, 0.3) is 5.69 Å². The van der Waals surface area contributed by atoms with Crippen molar-refractivity contribution in [3.8, 4) is 17.2 Å². The van der Waals surface area contributed by atoms with E-state index < -0.39 is 11.9 Å². The van der Waals surface area contributed by atoms with Gasteiger partial charge in [0.15, 0.2) is 0 Å². The number of nitrogens with one attached hydrogen (secondary N) is 2. The second-order valence-electron chi connectivity index (χ2n) is 5.85. The lowest BCUT2D eigenvalue weighted by Gasteiger charge is -2.11. The minimum absolute atomic E-state index is 0.0260. The maximum absolute atomic E-state index is 11.9. The SMILES string of the molecule is COc1ccc(OC)c(-n2nnnc2SCC(=O)NC(=O)NCC(C)C)c1. The summed E-state index contributed by atoms with van der Waals surface area (Å²) in [5.74, 6) is 0.970. The number of thioether (sulfide) groups is 1. The van der Waals surface area contributed by atoms with E-state index in [1.165, 1.54) is 11.8 Å². The number of aromatic nitrogens is 4. The molecular weight excluding hydrogens is 372 g/mol. The fraction of sp³-hybridized carbons (Fsp3) is 0.438. The van der Waals surface area contributed by atoms with Gasteiger partial charge in [0.05, 0.1) is 20.0 Å². The molecule has 10 nitrogen and oxygen atoms in total. The summed E-state index contributed by atoms with van der Waals surface area (Å²) in [6.45, 7) is 4.41. The number of rotatable bonds is 8. The highest BCUT2D eigenvalue weighted by Gasteiger charge is 2.16. The summed E-state index contributed by atoms with van der Waals surface area (Å²) in [5, 5.41) is 16.8. The van der Waals surface area contributed by atoms with E-state index in [0.717, 1.165) is 11.8 Å². The number of hydrogen-bond acceptors (Lipinski definition) is 8.